The lowest BCUT2D eigenvalue weighted by Crippen LogP contribution is -1.97. The number of aryl methyl sites for hydroxylation is 1. The van der Waals surface area contributed by atoms with Crippen molar-refractivity contribution in [3.63, 3.8) is 0 Å². The molecule has 0 saturated heterocycles. The SMILES string of the molecule is Cn1nnc(-c2ccc(-c3nnc(N)c4ccccc34)cc2)n1. The number of rotatable bonds is 2. The standard InChI is InChI=1S/C16H13N7/c1-23-21-16(20-22-23)11-8-6-10(7-9-11)14-12-4-2-3-5-13(12)15(17)19-18-14/h2-9H,1H3,(H2,17,19). The van der Waals surface area contributed by atoms with Crippen molar-refractivity contribution in [3.05, 3.63) is 48.5 Å². The van der Waals surface area contributed by atoms with Crippen LogP contribution in [0.2, 0.25) is 0 Å². The molecule has 0 aliphatic carbocycles. The van der Waals surface area contributed by atoms with Crippen molar-refractivity contribution in [3.8, 4) is 22.6 Å². The number of tetrazole rings is 1. The summed E-state index contributed by atoms with van der Waals surface area (Å²) in [7, 11) is 1.74. The topological polar surface area (TPSA) is 95.4 Å². The molecule has 112 valence electrons. The Morgan fingerprint density at radius 2 is 1.52 bits per heavy atom. The van der Waals surface area contributed by atoms with E-state index in [1.807, 2.05) is 48.5 Å². The van der Waals surface area contributed by atoms with E-state index < -0.39 is 0 Å². The van der Waals surface area contributed by atoms with E-state index in [2.05, 4.69) is 25.6 Å². The van der Waals surface area contributed by atoms with E-state index in [9.17, 15) is 0 Å². The molecule has 0 amide bonds. The molecule has 0 atom stereocenters. The molecule has 4 rings (SSSR count). The first kappa shape index (κ1) is 13.3. The summed E-state index contributed by atoms with van der Waals surface area (Å²) in [4.78, 5) is 1.43. The number of hydrogen-bond acceptors (Lipinski definition) is 6. The van der Waals surface area contributed by atoms with Crippen molar-refractivity contribution in [2.45, 2.75) is 0 Å². The van der Waals surface area contributed by atoms with Gasteiger partial charge in [-0.2, -0.15) is 4.80 Å². The summed E-state index contributed by atoms with van der Waals surface area (Å²) < 4.78 is 0. The zero-order valence-electron chi connectivity index (χ0n) is 12.4. The number of benzene rings is 2. The molecule has 0 saturated carbocycles. The molecule has 0 unspecified atom stereocenters. The smallest absolute Gasteiger partial charge is 0.204 e. The van der Waals surface area contributed by atoms with E-state index in [4.69, 9.17) is 5.73 Å². The summed E-state index contributed by atoms with van der Waals surface area (Å²) in [6, 6.07) is 15.7. The third kappa shape index (κ3) is 2.28. The van der Waals surface area contributed by atoms with Crippen molar-refractivity contribution >= 4 is 16.6 Å². The van der Waals surface area contributed by atoms with Crippen molar-refractivity contribution < 1.29 is 0 Å². The molecule has 0 fully saturated rings. The minimum Gasteiger partial charge on any atom is -0.382 e. The van der Waals surface area contributed by atoms with Gasteiger partial charge >= 0.3 is 0 Å². The molecule has 0 aliphatic heterocycles. The summed E-state index contributed by atoms with van der Waals surface area (Å²) >= 11 is 0. The van der Waals surface area contributed by atoms with E-state index in [0.29, 0.717) is 11.6 Å². The Morgan fingerprint density at radius 1 is 0.826 bits per heavy atom. The van der Waals surface area contributed by atoms with Gasteiger partial charge in [-0.15, -0.1) is 20.4 Å². The van der Waals surface area contributed by atoms with Crippen LogP contribution in [0.3, 0.4) is 0 Å². The van der Waals surface area contributed by atoms with Crippen LogP contribution in [0.15, 0.2) is 48.5 Å². The van der Waals surface area contributed by atoms with Gasteiger partial charge in [0.05, 0.1) is 7.05 Å². The van der Waals surface area contributed by atoms with Gasteiger partial charge < -0.3 is 5.73 Å². The lowest BCUT2D eigenvalue weighted by molar-refractivity contribution is 0.630. The summed E-state index contributed by atoms with van der Waals surface area (Å²) in [5, 5.41) is 22.2. The van der Waals surface area contributed by atoms with E-state index in [1.54, 1.807) is 7.05 Å². The molecule has 0 spiro atoms. The van der Waals surface area contributed by atoms with Crippen LogP contribution in [0, 0.1) is 0 Å². The Hall–Kier alpha value is -3.35. The third-order valence-corrected chi connectivity index (χ3v) is 3.64. The van der Waals surface area contributed by atoms with Crippen molar-refractivity contribution in [1.29, 1.82) is 0 Å². The van der Waals surface area contributed by atoms with Crippen LogP contribution in [0.25, 0.3) is 33.4 Å². The lowest BCUT2D eigenvalue weighted by Gasteiger charge is -2.07. The zero-order chi connectivity index (χ0) is 15.8. The van der Waals surface area contributed by atoms with Gasteiger partial charge in [0.15, 0.2) is 5.82 Å². The number of fused-ring (bicyclic) bond motifs is 1. The fourth-order valence-electron chi connectivity index (χ4n) is 2.51. The molecule has 0 radical (unpaired) electrons. The van der Waals surface area contributed by atoms with Crippen LogP contribution in [-0.2, 0) is 7.05 Å². The van der Waals surface area contributed by atoms with Gasteiger partial charge in [-0.1, -0.05) is 48.5 Å². The summed E-state index contributed by atoms with van der Waals surface area (Å²) in [6.45, 7) is 0. The molecule has 4 aromatic rings. The second kappa shape index (κ2) is 5.13. The molecular formula is C16H13N7. The van der Waals surface area contributed by atoms with Crippen LogP contribution in [0.1, 0.15) is 0 Å². The van der Waals surface area contributed by atoms with Gasteiger partial charge in [-0.25, -0.2) is 0 Å². The molecule has 2 N–H and O–H groups in total. The average molecular weight is 303 g/mol. The second-order valence-electron chi connectivity index (χ2n) is 5.16. The minimum absolute atomic E-state index is 0.435. The van der Waals surface area contributed by atoms with Gasteiger partial charge in [0.1, 0.15) is 5.69 Å². The maximum absolute atomic E-state index is 5.91. The number of aromatic nitrogens is 6. The van der Waals surface area contributed by atoms with Crippen molar-refractivity contribution in [2.75, 3.05) is 5.73 Å². The quantitative estimate of drug-likeness (QED) is 0.609. The molecule has 2 heterocycles. The number of nitrogen functional groups attached to an aromatic ring is 1. The van der Waals surface area contributed by atoms with E-state index in [1.165, 1.54) is 4.80 Å². The van der Waals surface area contributed by atoms with E-state index in [-0.39, 0.29) is 0 Å². The average Bonchev–Trinajstić information content (AvgIpc) is 3.02. The Bertz CT molecular complexity index is 989. The highest BCUT2D eigenvalue weighted by molar-refractivity contribution is 5.99. The minimum atomic E-state index is 0.435. The van der Waals surface area contributed by atoms with Crippen molar-refractivity contribution in [1.82, 2.24) is 30.4 Å². The van der Waals surface area contributed by atoms with Gasteiger partial charge in [0, 0.05) is 21.9 Å². The van der Waals surface area contributed by atoms with Crippen LogP contribution < -0.4 is 5.73 Å². The van der Waals surface area contributed by atoms with Gasteiger partial charge in [-0.3, -0.25) is 0 Å². The first-order chi connectivity index (χ1) is 11.2. The molecule has 2 aromatic carbocycles. The lowest BCUT2D eigenvalue weighted by atomic mass is 10.0. The Morgan fingerprint density at radius 3 is 2.22 bits per heavy atom. The second-order valence-corrected chi connectivity index (χ2v) is 5.16. The molecule has 0 bridgehead atoms. The Labute approximate surface area is 131 Å². The normalized spacial score (nSPS) is 11.0. The van der Waals surface area contributed by atoms with E-state index in [0.717, 1.165) is 27.6 Å². The first-order valence-electron chi connectivity index (χ1n) is 7.08. The fourth-order valence-corrected chi connectivity index (χ4v) is 2.51. The number of nitrogens with two attached hydrogens (primary N) is 1. The van der Waals surface area contributed by atoms with Gasteiger partial charge in [0.2, 0.25) is 5.82 Å². The highest BCUT2D eigenvalue weighted by atomic mass is 15.6. The van der Waals surface area contributed by atoms with Crippen molar-refractivity contribution in [2.24, 2.45) is 7.05 Å². The summed E-state index contributed by atoms with van der Waals surface area (Å²) in [5.41, 5.74) is 8.56. The van der Waals surface area contributed by atoms with Crippen LogP contribution in [0.5, 0.6) is 0 Å². The number of nitrogens with zero attached hydrogens (tertiary/aromatic N) is 6. The molecule has 0 aliphatic rings. The summed E-state index contributed by atoms with van der Waals surface area (Å²) in [6.07, 6.45) is 0. The van der Waals surface area contributed by atoms with Gasteiger partial charge in [-0.05, 0) is 5.21 Å². The predicted octanol–water partition coefficient (Wildman–Crippen LogP) is 2.07. The number of anilines is 1. The van der Waals surface area contributed by atoms with Crippen LogP contribution in [-0.4, -0.2) is 30.4 Å². The highest BCUT2D eigenvalue weighted by Crippen LogP contribution is 2.29. The number of hydrogen-bond donors (Lipinski definition) is 1. The molecule has 7 nitrogen and oxygen atoms in total. The van der Waals surface area contributed by atoms with Crippen LogP contribution >= 0.6 is 0 Å². The zero-order valence-corrected chi connectivity index (χ0v) is 12.4. The molecule has 2 aromatic heterocycles. The van der Waals surface area contributed by atoms with Crippen LogP contribution in [0.4, 0.5) is 5.82 Å². The molecule has 7 heteroatoms. The Balaban J connectivity index is 1.81. The van der Waals surface area contributed by atoms with Gasteiger partial charge in [0.25, 0.3) is 0 Å². The highest BCUT2D eigenvalue weighted by Gasteiger charge is 2.10. The third-order valence-electron chi connectivity index (χ3n) is 3.64. The predicted molar refractivity (Wildman–Crippen MR) is 87.2 cm³/mol. The maximum atomic E-state index is 5.91. The first-order valence-corrected chi connectivity index (χ1v) is 7.08. The molecular weight excluding hydrogens is 290 g/mol. The largest absolute Gasteiger partial charge is 0.382 e. The fraction of sp³-hybridized carbons (Fsp3) is 0.0625. The molecule has 23 heavy (non-hydrogen) atoms. The monoisotopic (exact) mass is 303 g/mol. The van der Waals surface area contributed by atoms with E-state index >= 15 is 0 Å². The maximum Gasteiger partial charge on any atom is 0.204 e. The Kier molecular flexibility index (Phi) is 2.97. The summed E-state index contributed by atoms with van der Waals surface area (Å²) in [5.74, 6) is 1.03.